The van der Waals surface area contributed by atoms with E-state index in [4.69, 9.17) is 5.11 Å². The van der Waals surface area contributed by atoms with E-state index in [1.54, 1.807) is 0 Å². The number of hydrogen-bond acceptors (Lipinski definition) is 5. The summed E-state index contributed by atoms with van der Waals surface area (Å²) in [4.78, 5) is 18.6. The highest BCUT2D eigenvalue weighted by Crippen LogP contribution is 2.20. The summed E-state index contributed by atoms with van der Waals surface area (Å²) in [5, 5.41) is 10.3. The predicted octanol–water partition coefficient (Wildman–Crippen LogP) is 1.30. The molecule has 6 heteroatoms. The van der Waals surface area contributed by atoms with Gasteiger partial charge in [-0.05, 0) is 11.5 Å². The van der Waals surface area contributed by atoms with Gasteiger partial charge in [0.05, 0.1) is 11.8 Å². The quantitative estimate of drug-likeness (QED) is 0.803. The van der Waals surface area contributed by atoms with Crippen molar-refractivity contribution in [1.29, 1.82) is 0 Å². The van der Waals surface area contributed by atoms with E-state index in [0.717, 1.165) is 11.5 Å². The van der Waals surface area contributed by atoms with Crippen LogP contribution in [0.5, 0.6) is 0 Å². The highest BCUT2D eigenvalue weighted by molar-refractivity contribution is 7.04. The molecule has 0 unspecified atom stereocenters. The molecule has 2 heterocycles. The number of hydrogen-bond donors (Lipinski definition) is 1. The lowest BCUT2D eigenvalue weighted by Gasteiger charge is -1.95. The van der Waals surface area contributed by atoms with Gasteiger partial charge in [0.15, 0.2) is 0 Å². The minimum absolute atomic E-state index is 0.163. The molecular weight excluding hydrogens is 202 g/mol. The van der Waals surface area contributed by atoms with Crippen molar-refractivity contribution in [3.8, 4) is 11.4 Å². The van der Waals surface area contributed by atoms with Crippen LogP contribution in [0.4, 0.5) is 0 Å². The SMILES string of the molecule is O=C(O)c1csnc1-c1cnccn1. The molecule has 2 aromatic heterocycles. The Hall–Kier alpha value is -1.82. The molecule has 14 heavy (non-hydrogen) atoms. The van der Waals surface area contributed by atoms with Crippen LogP contribution in [0.3, 0.4) is 0 Å². The van der Waals surface area contributed by atoms with Crippen molar-refractivity contribution in [1.82, 2.24) is 14.3 Å². The van der Waals surface area contributed by atoms with Crippen molar-refractivity contribution in [3.63, 3.8) is 0 Å². The number of aromatic nitrogens is 3. The minimum Gasteiger partial charge on any atom is -0.478 e. The van der Waals surface area contributed by atoms with Crippen molar-refractivity contribution >= 4 is 17.5 Å². The molecule has 2 rings (SSSR count). The largest absolute Gasteiger partial charge is 0.478 e. The Morgan fingerprint density at radius 1 is 1.43 bits per heavy atom. The van der Waals surface area contributed by atoms with Gasteiger partial charge in [-0.25, -0.2) is 4.79 Å². The van der Waals surface area contributed by atoms with Crippen LogP contribution in [0, 0.1) is 0 Å². The van der Waals surface area contributed by atoms with Gasteiger partial charge in [-0.2, -0.15) is 4.37 Å². The molecule has 0 radical (unpaired) electrons. The van der Waals surface area contributed by atoms with Crippen LogP contribution in [-0.4, -0.2) is 25.4 Å². The first-order valence-corrected chi connectivity index (χ1v) is 4.57. The van der Waals surface area contributed by atoms with E-state index in [1.165, 1.54) is 24.0 Å². The van der Waals surface area contributed by atoms with E-state index in [-0.39, 0.29) is 5.56 Å². The molecule has 0 atom stereocenters. The fraction of sp³-hybridized carbons (Fsp3) is 0. The van der Waals surface area contributed by atoms with E-state index in [0.29, 0.717) is 11.4 Å². The second-order valence-corrected chi connectivity index (χ2v) is 3.10. The maximum absolute atomic E-state index is 10.8. The molecule has 0 saturated carbocycles. The fourth-order valence-electron chi connectivity index (χ4n) is 0.995. The van der Waals surface area contributed by atoms with E-state index in [1.807, 2.05) is 0 Å². The number of carboxylic acids is 1. The summed E-state index contributed by atoms with van der Waals surface area (Å²) in [6, 6.07) is 0. The average Bonchev–Trinajstić information content (AvgIpc) is 2.67. The van der Waals surface area contributed by atoms with Crippen molar-refractivity contribution in [2.75, 3.05) is 0 Å². The van der Waals surface area contributed by atoms with Crippen molar-refractivity contribution in [2.45, 2.75) is 0 Å². The van der Waals surface area contributed by atoms with E-state index in [9.17, 15) is 4.79 Å². The van der Waals surface area contributed by atoms with Crippen LogP contribution in [0.25, 0.3) is 11.4 Å². The Bertz CT molecular complexity index is 455. The third-order valence-electron chi connectivity index (χ3n) is 1.61. The lowest BCUT2D eigenvalue weighted by Crippen LogP contribution is -1.97. The normalized spacial score (nSPS) is 10.0. The van der Waals surface area contributed by atoms with Gasteiger partial charge in [-0.15, -0.1) is 0 Å². The standard InChI is InChI=1S/C8H5N3O2S/c12-8(13)5-4-14-11-7(5)6-3-9-1-2-10-6/h1-4H,(H,12,13). The first-order chi connectivity index (χ1) is 6.79. The molecule has 0 saturated heterocycles. The Balaban J connectivity index is 2.52. The van der Waals surface area contributed by atoms with Crippen molar-refractivity contribution in [3.05, 3.63) is 29.5 Å². The van der Waals surface area contributed by atoms with Gasteiger partial charge in [-0.1, -0.05) is 0 Å². The first-order valence-electron chi connectivity index (χ1n) is 3.73. The van der Waals surface area contributed by atoms with Gasteiger partial charge in [0.25, 0.3) is 0 Å². The Kier molecular flexibility index (Phi) is 2.19. The molecule has 0 spiro atoms. The summed E-state index contributed by atoms with van der Waals surface area (Å²) in [6.07, 6.45) is 4.51. The van der Waals surface area contributed by atoms with Gasteiger partial charge >= 0.3 is 5.97 Å². The van der Waals surface area contributed by atoms with E-state index >= 15 is 0 Å². The molecule has 0 aromatic carbocycles. The van der Waals surface area contributed by atoms with Gasteiger partial charge in [0.1, 0.15) is 11.4 Å². The third kappa shape index (κ3) is 1.47. The summed E-state index contributed by atoms with van der Waals surface area (Å²) < 4.78 is 3.97. The molecule has 0 aliphatic carbocycles. The third-order valence-corrected chi connectivity index (χ3v) is 2.23. The maximum atomic E-state index is 10.8. The smallest absolute Gasteiger partial charge is 0.338 e. The summed E-state index contributed by atoms with van der Waals surface area (Å²) in [6.45, 7) is 0. The Morgan fingerprint density at radius 2 is 2.29 bits per heavy atom. The fourth-order valence-corrected chi connectivity index (χ4v) is 1.66. The number of aromatic carboxylic acids is 1. The molecule has 0 aliphatic heterocycles. The van der Waals surface area contributed by atoms with Crippen molar-refractivity contribution in [2.24, 2.45) is 0 Å². The molecule has 2 aromatic rings. The van der Waals surface area contributed by atoms with Gasteiger partial charge < -0.3 is 5.11 Å². The lowest BCUT2D eigenvalue weighted by atomic mass is 10.2. The van der Waals surface area contributed by atoms with Crippen LogP contribution in [0.2, 0.25) is 0 Å². The van der Waals surface area contributed by atoms with Crippen LogP contribution in [0.15, 0.2) is 24.0 Å². The molecule has 0 aliphatic rings. The van der Waals surface area contributed by atoms with Gasteiger partial charge in [0.2, 0.25) is 0 Å². The maximum Gasteiger partial charge on any atom is 0.338 e. The molecular formula is C8H5N3O2S. The monoisotopic (exact) mass is 207 g/mol. The number of carboxylic acid groups (broad SMARTS) is 1. The molecule has 0 fully saturated rings. The molecule has 70 valence electrons. The molecule has 1 N–H and O–H groups in total. The highest BCUT2D eigenvalue weighted by Gasteiger charge is 2.15. The summed E-state index contributed by atoms with van der Waals surface area (Å²) in [5.74, 6) is -1.00. The van der Waals surface area contributed by atoms with E-state index < -0.39 is 5.97 Å². The van der Waals surface area contributed by atoms with Crippen LogP contribution in [0.1, 0.15) is 10.4 Å². The number of rotatable bonds is 2. The summed E-state index contributed by atoms with van der Waals surface area (Å²) in [5.41, 5.74) is 1.01. The zero-order valence-corrected chi connectivity index (χ0v) is 7.73. The Morgan fingerprint density at radius 3 is 2.93 bits per heavy atom. The van der Waals surface area contributed by atoms with Crippen LogP contribution >= 0.6 is 11.5 Å². The lowest BCUT2D eigenvalue weighted by molar-refractivity contribution is 0.0698. The highest BCUT2D eigenvalue weighted by atomic mass is 32.1. The Labute approximate surface area is 83.2 Å². The molecule has 0 bridgehead atoms. The zero-order chi connectivity index (χ0) is 9.97. The number of carbonyl (C=O) groups is 1. The summed E-state index contributed by atoms with van der Waals surface area (Å²) in [7, 11) is 0. The molecule has 5 nitrogen and oxygen atoms in total. The second-order valence-electron chi connectivity index (χ2n) is 2.47. The molecule has 0 amide bonds. The predicted molar refractivity (Wildman–Crippen MR) is 50.1 cm³/mol. The van der Waals surface area contributed by atoms with E-state index in [2.05, 4.69) is 14.3 Å². The average molecular weight is 207 g/mol. The zero-order valence-electron chi connectivity index (χ0n) is 6.91. The second kappa shape index (κ2) is 3.51. The number of nitrogens with zero attached hydrogens (tertiary/aromatic N) is 3. The van der Waals surface area contributed by atoms with Gasteiger partial charge in [0, 0.05) is 17.8 Å². The minimum atomic E-state index is -1.00. The van der Waals surface area contributed by atoms with Crippen molar-refractivity contribution < 1.29 is 9.90 Å². The van der Waals surface area contributed by atoms with Gasteiger partial charge in [-0.3, -0.25) is 9.97 Å². The first kappa shape index (κ1) is 8.76. The van der Waals surface area contributed by atoms with Crippen LogP contribution < -0.4 is 0 Å². The topological polar surface area (TPSA) is 76.0 Å². The van der Waals surface area contributed by atoms with Crippen LogP contribution in [-0.2, 0) is 0 Å². The summed E-state index contributed by atoms with van der Waals surface area (Å²) >= 11 is 1.09.